The zero-order chi connectivity index (χ0) is 12.1. The molecule has 1 aliphatic rings. The molecule has 2 nitrogen and oxygen atoms in total. The van der Waals surface area contributed by atoms with Crippen LogP contribution in [-0.4, -0.2) is 22.0 Å². The first-order valence-electron chi connectivity index (χ1n) is 6.24. The van der Waals surface area contributed by atoms with Gasteiger partial charge in [0.2, 0.25) is 0 Å². The highest BCUT2D eigenvalue weighted by molar-refractivity contribution is 7.99. The Kier molecular flexibility index (Phi) is 4.80. The molecule has 0 saturated heterocycles. The number of nitrogens with zero attached hydrogens (tertiary/aromatic N) is 1. The molecule has 2 atom stereocenters. The quantitative estimate of drug-likeness (QED) is 0.874. The summed E-state index contributed by atoms with van der Waals surface area (Å²) in [7, 11) is 0. The van der Waals surface area contributed by atoms with Crippen LogP contribution < -0.4 is 5.32 Å². The number of pyridine rings is 1. The van der Waals surface area contributed by atoms with Crippen LogP contribution >= 0.6 is 11.8 Å². The van der Waals surface area contributed by atoms with Crippen LogP contribution in [0, 0.1) is 5.82 Å². The summed E-state index contributed by atoms with van der Waals surface area (Å²) >= 11 is 2.03. The lowest BCUT2D eigenvalue weighted by molar-refractivity contribution is 0.528. The predicted molar refractivity (Wildman–Crippen MR) is 70.6 cm³/mol. The van der Waals surface area contributed by atoms with Crippen LogP contribution in [0.3, 0.4) is 0 Å². The SMILES string of the molecule is CCSC1CCCC1NCc1cncc(F)c1. The molecule has 0 bridgehead atoms. The maximum Gasteiger partial charge on any atom is 0.141 e. The van der Waals surface area contributed by atoms with E-state index in [1.807, 2.05) is 11.8 Å². The molecule has 1 fully saturated rings. The Bertz CT molecular complexity index is 359. The molecular weight excluding hydrogens is 235 g/mol. The molecule has 1 N–H and O–H groups in total. The summed E-state index contributed by atoms with van der Waals surface area (Å²) < 4.78 is 13.0. The van der Waals surface area contributed by atoms with E-state index in [2.05, 4.69) is 17.2 Å². The van der Waals surface area contributed by atoms with Crippen molar-refractivity contribution in [3.05, 3.63) is 29.8 Å². The number of thioether (sulfide) groups is 1. The molecule has 94 valence electrons. The Balaban J connectivity index is 1.85. The molecule has 4 heteroatoms. The molecule has 2 rings (SSSR count). The van der Waals surface area contributed by atoms with E-state index in [1.165, 1.54) is 31.2 Å². The number of halogens is 1. The first kappa shape index (κ1) is 12.8. The van der Waals surface area contributed by atoms with Crippen LogP contribution in [-0.2, 0) is 6.54 Å². The van der Waals surface area contributed by atoms with E-state index < -0.39 is 0 Å². The van der Waals surface area contributed by atoms with Gasteiger partial charge in [-0.3, -0.25) is 4.98 Å². The average Bonchev–Trinajstić information content (AvgIpc) is 2.75. The molecule has 17 heavy (non-hydrogen) atoms. The van der Waals surface area contributed by atoms with Crippen molar-refractivity contribution in [1.82, 2.24) is 10.3 Å². The second kappa shape index (κ2) is 6.36. The van der Waals surface area contributed by atoms with Crippen molar-refractivity contribution in [3.8, 4) is 0 Å². The van der Waals surface area contributed by atoms with Gasteiger partial charge < -0.3 is 5.32 Å². The summed E-state index contributed by atoms with van der Waals surface area (Å²) in [5.41, 5.74) is 0.928. The van der Waals surface area contributed by atoms with Crippen molar-refractivity contribution in [1.29, 1.82) is 0 Å². The highest BCUT2D eigenvalue weighted by atomic mass is 32.2. The molecule has 0 aromatic carbocycles. The molecule has 1 aliphatic carbocycles. The fourth-order valence-electron chi connectivity index (χ4n) is 2.37. The number of rotatable bonds is 5. The first-order valence-corrected chi connectivity index (χ1v) is 7.29. The normalized spacial score (nSPS) is 24.1. The van der Waals surface area contributed by atoms with Gasteiger partial charge in [0.05, 0.1) is 6.20 Å². The molecule has 0 amide bonds. The zero-order valence-corrected chi connectivity index (χ0v) is 11.0. The lowest BCUT2D eigenvalue weighted by Gasteiger charge is -2.20. The minimum atomic E-state index is -0.254. The Morgan fingerprint density at radius 1 is 1.47 bits per heavy atom. The topological polar surface area (TPSA) is 24.9 Å². The van der Waals surface area contributed by atoms with Crippen LogP contribution in [0.25, 0.3) is 0 Å². The Morgan fingerprint density at radius 3 is 3.12 bits per heavy atom. The number of hydrogen-bond acceptors (Lipinski definition) is 3. The van der Waals surface area contributed by atoms with Crippen molar-refractivity contribution in [3.63, 3.8) is 0 Å². The van der Waals surface area contributed by atoms with Crippen molar-refractivity contribution < 1.29 is 4.39 Å². The summed E-state index contributed by atoms with van der Waals surface area (Å²) in [4.78, 5) is 3.86. The minimum Gasteiger partial charge on any atom is -0.309 e. The molecule has 0 spiro atoms. The van der Waals surface area contributed by atoms with Crippen LogP contribution in [0.15, 0.2) is 18.5 Å². The molecular formula is C13H19FN2S. The Morgan fingerprint density at radius 2 is 2.35 bits per heavy atom. The zero-order valence-electron chi connectivity index (χ0n) is 10.2. The van der Waals surface area contributed by atoms with E-state index in [0.717, 1.165) is 17.4 Å². The van der Waals surface area contributed by atoms with Gasteiger partial charge in [-0.15, -0.1) is 0 Å². The highest BCUT2D eigenvalue weighted by Gasteiger charge is 2.26. The summed E-state index contributed by atoms with van der Waals surface area (Å²) in [5, 5.41) is 4.26. The van der Waals surface area contributed by atoms with Gasteiger partial charge in [0.25, 0.3) is 0 Å². The minimum absolute atomic E-state index is 0.254. The number of nitrogens with one attached hydrogen (secondary N) is 1. The third-order valence-corrected chi connectivity index (χ3v) is 4.49. The van der Waals surface area contributed by atoms with Gasteiger partial charge in [-0.25, -0.2) is 4.39 Å². The summed E-state index contributed by atoms with van der Waals surface area (Å²) in [6, 6.07) is 2.12. The van der Waals surface area contributed by atoms with E-state index in [4.69, 9.17) is 0 Å². The Labute approximate surface area is 106 Å². The smallest absolute Gasteiger partial charge is 0.141 e. The van der Waals surface area contributed by atoms with Crippen LogP contribution in [0.1, 0.15) is 31.7 Å². The predicted octanol–water partition coefficient (Wildman–Crippen LogP) is 2.98. The number of hydrogen-bond donors (Lipinski definition) is 1. The van der Waals surface area contributed by atoms with Crippen LogP contribution in [0.2, 0.25) is 0 Å². The summed E-state index contributed by atoms with van der Waals surface area (Å²) in [6.45, 7) is 2.92. The van der Waals surface area contributed by atoms with Crippen LogP contribution in [0.5, 0.6) is 0 Å². The van der Waals surface area contributed by atoms with Crippen molar-refractivity contribution in [2.45, 2.75) is 44.0 Å². The third kappa shape index (κ3) is 3.68. The largest absolute Gasteiger partial charge is 0.309 e. The number of aromatic nitrogens is 1. The van der Waals surface area contributed by atoms with E-state index >= 15 is 0 Å². The van der Waals surface area contributed by atoms with Gasteiger partial charge >= 0.3 is 0 Å². The fourth-order valence-corrected chi connectivity index (χ4v) is 3.60. The first-order chi connectivity index (χ1) is 8.29. The molecule has 1 saturated carbocycles. The van der Waals surface area contributed by atoms with Gasteiger partial charge in [0.1, 0.15) is 5.82 Å². The van der Waals surface area contributed by atoms with Gasteiger partial charge in [-0.1, -0.05) is 13.3 Å². The standard InChI is InChI=1S/C13H19FN2S/c1-2-17-13-5-3-4-12(13)16-8-10-6-11(14)9-15-7-10/h6-7,9,12-13,16H,2-5,8H2,1H3. The van der Waals surface area contributed by atoms with E-state index in [0.29, 0.717) is 6.04 Å². The molecule has 1 heterocycles. The van der Waals surface area contributed by atoms with Crippen LogP contribution in [0.4, 0.5) is 4.39 Å². The average molecular weight is 254 g/mol. The highest BCUT2D eigenvalue weighted by Crippen LogP contribution is 2.29. The van der Waals surface area contributed by atoms with Crippen molar-refractivity contribution in [2.24, 2.45) is 0 Å². The van der Waals surface area contributed by atoms with Gasteiger partial charge in [-0.2, -0.15) is 11.8 Å². The molecule has 1 aromatic rings. The second-order valence-electron chi connectivity index (χ2n) is 4.42. The lowest BCUT2D eigenvalue weighted by Crippen LogP contribution is -2.33. The van der Waals surface area contributed by atoms with E-state index in [9.17, 15) is 4.39 Å². The molecule has 0 radical (unpaired) electrons. The maximum absolute atomic E-state index is 13.0. The molecule has 2 unspecified atom stereocenters. The van der Waals surface area contributed by atoms with Gasteiger partial charge in [-0.05, 0) is 30.2 Å². The lowest BCUT2D eigenvalue weighted by atomic mass is 10.2. The monoisotopic (exact) mass is 254 g/mol. The van der Waals surface area contributed by atoms with Crippen molar-refractivity contribution >= 4 is 11.8 Å². The second-order valence-corrected chi connectivity index (χ2v) is 5.94. The van der Waals surface area contributed by atoms with Crippen molar-refractivity contribution in [2.75, 3.05) is 5.75 Å². The van der Waals surface area contributed by atoms with E-state index in [1.54, 1.807) is 12.3 Å². The summed E-state index contributed by atoms with van der Waals surface area (Å²) in [5.74, 6) is 0.917. The third-order valence-electron chi connectivity index (χ3n) is 3.16. The van der Waals surface area contributed by atoms with Gasteiger partial charge in [0.15, 0.2) is 0 Å². The molecule has 1 aromatic heterocycles. The fraction of sp³-hybridized carbons (Fsp3) is 0.615. The molecule has 0 aliphatic heterocycles. The Hall–Kier alpha value is -0.610. The maximum atomic E-state index is 13.0. The van der Waals surface area contributed by atoms with Gasteiger partial charge in [0, 0.05) is 24.0 Å². The van der Waals surface area contributed by atoms with E-state index in [-0.39, 0.29) is 5.82 Å². The summed E-state index contributed by atoms with van der Waals surface area (Å²) in [6.07, 6.45) is 6.82.